The summed E-state index contributed by atoms with van der Waals surface area (Å²) in [6, 6.07) is 3.77. The van der Waals surface area contributed by atoms with Gasteiger partial charge in [-0.05, 0) is 29.3 Å². The molecule has 0 aromatic carbocycles. The molecule has 0 aliphatic carbocycles. The number of nitrogens with zero attached hydrogens (tertiary/aromatic N) is 2. The summed E-state index contributed by atoms with van der Waals surface area (Å²) in [6.45, 7) is 4.23. The van der Waals surface area contributed by atoms with E-state index >= 15 is 0 Å². The Labute approximate surface area is 126 Å². The van der Waals surface area contributed by atoms with Gasteiger partial charge in [-0.3, -0.25) is 9.69 Å². The van der Waals surface area contributed by atoms with Crippen LogP contribution < -0.4 is 5.32 Å². The average molecular weight is 307 g/mol. The van der Waals surface area contributed by atoms with E-state index in [2.05, 4.69) is 26.8 Å². The molecule has 1 aliphatic heterocycles. The first kappa shape index (κ1) is 14.2. The monoisotopic (exact) mass is 307 g/mol. The minimum atomic E-state index is -0.0886. The number of ether oxygens (including phenoxy) is 1. The molecule has 7 heteroatoms. The number of anilines is 1. The van der Waals surface area contributed by atoms with E-state index in [-0.39, 0.29) is 12.0 Å². The first-order valence-electron chi connectivity index (χ1n) is 6.80. The van der Waals surface area contributed by atoms with Gasteiger partial charge in [0.25, 0.3) is 0 Å². The average Bonchev–Trinajstić information content (AvgIpc) is 3.11. The molecule has 0 radical (unpaired) electrons. The van der Waals surface area contributed by atoms with Crippen LogP contribution in [0.4, 0.5) is 5.82 Å². The highest BCUT2D eigenvalue weighted by molar-refractivity contribution is 7.07. The molecule has 1 fully saturated rings. The molecule has 112 valence electrons. The molecular weight excluding hydrogens is 290 g/mol. The van der Waals surface area contributed by atoms with Crippen LogP contribution in [-0.4, -0.2) is 42.2 Å². The molecule has 0 bridgehead atoms. The zero-order valence-corrected chi connectivity index (χ0v) is 12.6. The summed E-state index contributed by atoms with van der Waals surface area (Å²) >= 11 is 1.66. The quantitative estimate of drug-likeness (QED) is 0.936. The van der Waals surface area contributed by atoms with Gasteiger partial charge < -0.3 is 14.6 Å². The summed E-state index contributed by atoms with van der Waals surface area (Å²) in [6.07, 6.45) is 0.0482. The van der Waals surface area contributed by atoms with Crippen LogP contribution in [0, 0.1) is 6.92 Å². The van der Waals surface area contributed by atoms with Crippen LogP contribution in [0.2, 0.25) is 0 Å². The number of carbonyl (C=O) groups is 1. The summed E-state index contributed by atoms with van der Waals surface area (Å²) in [7, 11) is 0. The van der Waals surface area contributed by atoms with Gasteiger partial charge >= 0.3 is 0 Å². The number of hydrogen-bond acceptors (Lipinski definition) is 6. The third-order valence-electron chi connectivity index (χ3n) is 3.33. The van der Waals surface area contributed by atoms with Crippen LogP contribution in [-0.2, 0) is 9.53 Å². The predicted molar refractivity (Wildman–Crippen MR) is 79.3 cm³/mol. The highest BCUT2D eigenvalue weighted by atomic mass is 32.1. The van der Waals surface area contributed by atoms with E-state index in [1.54, 1.807) is 24.3 Å². The standard InChI is InChI=1S/C14H17N3O3S/c1-10-6-13(16-20-10)15-14(18)8-17-3-4-19-12(7-17)11-2-5-21-9-11/h2,5-6,9,12H,3-4,7-8H2,1H3,(H,15,16,18)/t12-/m1/s1. The lowest BCUT2D eigenvalue weighted by molar-refractivity contribution is -0.119. The molecule has 3 rings (SSSR count). The topological polar surface area (TPSA) is 67.6 Å². The second-order valence-corrected chi connectivity index (χ2v) is 5.80. The molecule has 2 aromatic heterocycles. The first-order chi connectivity index (χ1) is 10.2. The first-order valence-corrected chi connectivity index (χ1v) is 7.74. The van der Waals surface area contributed by atoms with Crippen molar-refractivity contribution in [3.8, 4) is 0 Å². The van der Waals surface area contributed by atoms with Gasteiger partial charge in [0.05, 0.1) is 19.3 Å². The molecule has 6 nitrogen and oxygen atoms in total. The number of nitrogens with one attached hydrogen (secondary N) is 1. The number of aromatic nitrogens is 1. The fourth-order valence-corrected chi connectivity index (χ4v) is 3.02. The van der Waals surface area contributed by atoms with Crippen molar-refractivity contribution in [2.24, 2.45) is 0 Å². The normalized spacial score (nSPS) is 19.6. The second-order valence-electron chi connectivity index (χ2n) is 5.02. The molecule has 1 atom stereocenters. The van der Waals surface area contributed by atoms with Crippen LogP contribution >= 0.6 is 11.3 Å². The highest BCUT2D eigenvalue weighted by Gasteiger charge is 2.23. The molecule has 21 heavy (non-hydrogen) atoms. The number of aryl methyl sites for hydroxylation is 1. The Balaban J connectivity index is 1.53. The van der Waals surface area contributed by atoms with Gasteiger partial charge in [0.2, 0.25) is 5.91 Å². The Morgan fingerprint density at radius 1 is 1.62 bits per heavy atom. The summed E-state index contributed by atoms with van der Waals surface area (Å²) in [5, 5.41) is 10.6. The largest absolute Gasteiger partial charge is 0.371 e. The molecule has 0 spiro atoms. The molecule has 1 saturated heterocycles. The van der Waals surface area contributed by atoms with Crippen molar-refractivity contribution in [2.75, 3.05) is 31.6 Å². The molecule has 1 N–H and O–H groups in total. The van der Waals surface area contributed by atoms with E-state index in [1.807, 2.05) is 5.38 Å². The van der Waals surface area contributed by atoms with E-state index in [9.17, 15) is 4.79 Å². The summed E-state index contributed by atoms with van der Waals surface area (Å²) < 4.78 is 10.7. The van der Waals surface area contributed by atoms with Gasteiger partial charge in [-0.1, -0.05) is 5.16 Å². The van der Waals surface area contributed by atoms with Crippen molar-refractivity contribution in [1.82, 2.24) is 10.1 Å². The molecular formula is C14H17N3O3S. The Morgan fingerprint density at radius 2 is 2.52 bits per heavy atom. The van der Waals surface area contributed by atoms with E-state index < -0.39 is 0 Å². The van der Waals surface area contributed by atoms with Gasteiger partial charge in [0.1, 0.15) is 5.76 Å². The number of carbonyl (C=O) groups excluding carboxylic acids is 1. The SMILES string of the molecule is Cc1cc(NC(=O)CN2CCO[C@@H](c3ccsc3)C2)no1. The minimum absolute atomic E-state index is 0.0482. The Bertz CT molecular complexity index is 596. The fraction of sp³-hybridized carbons (Fsp3) is 0.429. The lowest BCUT2D eigenvalue weighted by Gasteiger charge is -2.32. The number of amides is 1. The number of morpholine rings is 1. The molecule has 3 heterocycles. The zero-order chi connectivity index (χ0) is 14.7. The van der Waals surface area contributed by atoms with Gasteiger partial charge in [0, 0.05) is 19.2 Å². The summed E-state index contributed by atoms with van der Waals surface area (Å²) in [4.78, 5) is 14.1. The summed E-state index contributed by atoms with van der Waals surface area (Å²) in [5.74, 6) is 1.05. The minimum Gasteiger partial charge on any atom is -0.371 e. The maximum atomic E-state index is 12.0. The van der Waals surface area contributed by atoms with E-state index in [4.69, 9.17) is 9.26 Å². The third kappa shape index (κ3) is 3.69. The van der Waals surface area contributed by atoms with Gasteiger partial charge in [-0.2, -0.15) is 11.3 Å². The predicted octanol–water partition coefficient (Wildman–Crippen LogP) is 2.06. The number of hydrogen-bond donors (Lipinski definition) is 1. The lowest BCUT2D eigenvalue weighted by atomic mass is 10.1. The van der Waals surface area contributed by atoms with E-state index in [1.165, 1.54) is 5.56 Å². The van der Waals surface area contributed by atoms with Crippen molar-refractivity contribution in [2.45, 2.75) is 13.0 Å². The Hall–Kier alpha value is -1.70. The van der Waals surface area contributed by atoms with Crippen molar-refractivity contribution < 1.29 is 14.1 Å². The Kier molecular flexibility index (Phi) is 4.33. The summed E-state index contributed by atoms with van der Waals surface area (Å²) in [5.41, 5.74) is 1.18. The maximum Gasteiger partial charge on any atom is 0.239 e. The molecule has 2 aromatic rings. The van der Waals surface area contributed by atoms with E-state index in [0.717, 1.165) is 13.1 Å². The van der Waals surface area contributed by atoms with Crippen LogP contribution in [0.5, 0.6) is 0 Å². The number of rotatable bonds is 4. The van der Waals surface area contributed by atoms with Gasteiger partial charge in [0.15, 0.2) is 5.82 Å². The maximum absolute atomic E-state index is 12.0. The lowest BCUT2D eigenvalue weighted by Crippen LogP contribution is -2.42. The Morgan fingerprint density at radius 3 is 3.24 bits per heavy atom. The zero-order valence-electron chi connectivity index (χ0n) is 11.7. The second kappa shape index (κ2) is 6.38. The van der Waals surface area contributed by atoms with Crippen LogP contribution in [0.1, 0.15) is 17.4 Å². The third-order valence-corrected chi connectivity index (χ3v) is 4.03. The fourth-order valence-electron chi connectivity index (χ4n) is 2.32. The highest BCUT2D eigenvalue weighted by Crippen LogP contribution is 2.24. The van der Waals surface area contributed by atoms with Gasteiger partial charge in [-0.25, -0.2) is 0 Å². The van der Waals surface area contributed by atoms with Crippen molar-refractivity contribution in [3.05, 3.63) is 34.2 Å². The number of thiophene rings is 1. The van der Waals surface area contributed by atoms with Crippen LogP contribution in [0.15, 0.2) is 27.4 Å². The van der Waals surface area contributed by atoms with Crippen LogP contribution in [0.25, 0.3) is 0 Å². The molecule has 0 saturated carbocycles. The molecule has 1 amide bonds. The van der Waals surface area contributed by atoms with Crippen molar-refractivity contribution >= 4 is 23.1 Å². The molecule has 1 aliphatic rings. The van der Waals surface area contributed by atoms with Gasteiger partial charge in [-0.15, -0.1) is 0 Å². The molecule has 0 unspecified atom stereocenters. The van der Waals surface area contributed by atoms with Crippen molar-refractivity contribution in [1.29, 1.82) is 0 Å². The smallest absolute Gasteiger partial charge is 0.239 e. The van der Waals surface area contributed by atoms with E-state index in [0.29, 0.717) is 24.7 Å². The van der Waals surface area contributed by atoms with Crippen LogP contribution in [0.3, 0.4) is 0 Å². The van der Waals surface area contributed by atoms with Crippen molar-refractivity contribution in [3.63, 3.8) is 0 Å².